The van der Waals surface area contributed by atoms with Gasteiger partial charge in [-0.05, 0) is 23.6 Å². The van der Waals surface area contributed by atoms with Gasteiger partial charge in [0.25, 0.3) is 0 Å². The first-order chi connectivity index (χ1) is 10.7. The maximum atomic E-state index is 10.3. The molecule has 1 aliphatic heterocycles. The van der Waals surface area contributed by atoms with E-state index in [1.54, 1.807) is 11.3 Å². The summed E-state index contributed by atoms with van der Waals surface area (Å²) in [6, 6.07) is 11.7. The molecule has 0 radical (unpaired) electrons. The number of aromatic nitrogens is 2. The van der Waals surface area contributed by atoms with Crippen LogP contribution < -0.4 is 0 Å². The van der Waals surface area contributed by atoms with Crippen molar-refractivity contribution in [2.45, 2.75) is 6.54 Å². The molecule has 0 fully saturated rings. The lowest BCUT2D eigenvalue weighted by molar-refractivity contribution is 0.348. The number of amidine groups is 1. The zero-order valence-electron chi connectivity index (χ0n) is 11.7. The minimum atomic E-state index is 0.195. The Morgan fingerprint density at radius 1 is 1.27 bits per heavy atom. The van der Waals surface area contributed by atoms with E-state index in [4.69, 9.17) is 5.41 Å². The maximum Gasteiger partial charge on any atom is 0.145 e. The molecule has 0 spiro atoms. The first-order valence-electron chi connectivity index (χ1n) is 6.96. The monoisotopic (exact) mass is 310 g/mol. The highest BCUT2D eigenvalue weighted by atomic mass is 32.1. The number of nitrogens with one attached hydrogen (secondary N) is 2. The van der Waals surface area contributed by atoms with Gasteiger partial charge in [-0.1, -0.05) is 18.2 Å². The summed E-state index contributed by atoms with van der Waals surface area (Å²) in [6.45, 7) is 0.980. The van der Waals surface area contributed by atoms with Crippen molar-refractivity contribution in [2.24, 2.45) is 0 Å². The Balaban J connectivity index is 1.66. The Hall–Kier alpha value is -2.60. The Morgan fingerprint density at radius 3 is 2.91 bits per heavy atom. The minimum Gasteiger partial charge on any atom is -0.510 e. The molecule has 1 aliphatic rings. The summed E-state index contributed by atoms with van der Waals surface area (Å²) in [5, 5.41) is 20.7. The number of nitrogens with zero attached hydrogens (tertiary/aromatic N) is 2. The largest absolute Gasteiger partial charge is 0.510 e. The molecule has 110 valence electrons. The number of benzene rings is 1. The van der Waals surface area contributed by atoms with Crippen LogP contribution in [0.4, 0.5) is 0 Å². The smallest absolute Gasteiger partial charge is 0.145 e. The van der Waals surface area contributed by atoms with Crippen LogP contribution >= 0.6 is 11.3 Å². The number of aliphatic hydroxyl groups excluding tert-OH is 1. The standard InChI is InChI=1S/C16H14N4OS/c17-15-14(16-18-11-5-1-2-6-12(11)19-16)13(21)9-20(15)8-10-4-3-7-22-10/h1-7,17,21H,8-9H2,(H,18,19). The topological polar surface area (TPSA) is 76.0 Å². The second-order valence-electron chi connectivity index (χ2n) is 5.21. The van der Waals surface area contributed by atoms with Gasteiger partial charge in [0, 0.05) is 4.88 Å². The lowest BCUT2D eigenvalue weighted by Crippen LogP contribution is -2.25. The molecule has 3 heterocycles. The van der Waals surface area contributed by atoms with Crippen molar-refractivity contribution in [3.8, 4) is 0 Å². The van der Waals surface area contributed by atoms with Gasteiger partial charge in [0.15, 0.2) is 0 Å². The first kappa shape index (κ1) is 13.1. The van der Waals surface area contributed by atoms with E-state index in [1.165, 1.54) is 4.88 Å². The molecular weight excluding hydrogens is 296 g/mol. The van der Waals surface area contributed by atoms with Gasteiger partial charge in [0.2, 0.25) is 0 Å². The van der Waals surface area contributed by atoms with E-state index >= 15 is 0 Å². The minimum absolute atomic E-state index is 0.195. The molecule has 3 N–H and O–H groups in total. The highest BCUT2D eigenvalue weighted by Crippen LogP contribution is 2.28. The van der Waals surface area contributed by atoms with Gasteiger partial charge in [-0.15, -0.1) is 11.3 Å². The van der Waals surface area contributed by atoms with Crippen molar-refractivity contribution in [1.29, 1.82) is 5.41 Å². The van der Waals surface area contributed by atoms with E-state index in [9.17, 15) is 5.11 Å². The molecule has 0 atom stereocenters. The summed E-state index contributed by atoms with van der Waals surface area (Å²) >= 11 is 1.65. The van der Waals surface area contributed by atoms with Crippen molar-refractivity contribution in [2.75, 3.05) is 6.54 Å². The predicted molar refractivity (Wildman–Crippen MR) is 88.1 cm³/mol. The number of H-pyrrole nitrogens is 1. The van der Waals surface area contributed by atoms with Crippen molar-refractivity contribution >= 4 is 33.8 Å². The molecule has 22 heavy (non-hydrogen) atoms. The molecule has 6 heteroatoms. The van der Waals surface area contributed by atoms with Crippen LogP contribution in [-0.2, 0) is 6.54 Å². The van der Waals surface area contributed by atoms with Crippen LogP contribution in [0.1, 0.15) is 10.7 Å². The zero-order valence-corrected chi connectivity index (χ0v) is 12.5. The van der Waals surface area contributed by atoms with Crippen molar-refractivity contribution in [1.82, 2.24) is 14.9 Å². The molecule has 0 aliphatic carbocycles. The van der Waals surface area contributed by atoms with Crippen LogP contribution in [0, 0.1) is 5.41 Å². The summed E-state index contributed by atoms with van der Waals surface area (Å²) in [5.74, 6) is 1.06. The summed E-state index contributed by atoms with van der Waals surface area (Å²) in [5.41, 5.74) is 2.23. The lowest BCUT2D eigenvalue weighted by Gasteiger charge is -2.17. The molecule has 0 amide bonds. The van der Waals surface area contributed by atoms with Crippen molar-refractivity contribution in [3.05, 3.63) is 58.2 Å². The number of imidazole rings is 1. The quantitative estimate of drug-likeness (QED) is 0.694. The van der Waals surface area contributed by atoms with Crippen LogP contribution in [0.5, 0.6) is 0 Å². The second kappa shape index (κ2) is 4.99. The Labute approximate surface area is 131 Å². The Bertz CT molecular complexity index is 846. The van der Waals surface area contributed by atoms with Crippen LogP contribution in [0.25, 0.3) is 16.6 Å². The van der Waals surface area contributed by atoms with Crippen LogP contribution in [-0.4, -0.2) is 32.4 Å². The third-order valence-electron chi connectivity index (χ3n) is 3.74. The van der Waals surface area contributed by atoms with Gasteiger partial charge in [-0.3, -0.25) is 5.41 Å². The van der Waals surface area contributed by atoms with Crippen LogP contribution in [0.3, 0.4) is 0 Å². The van der Waals surface area contributed by atoms with Gasteiger partial charge in [0.05, 0.1) is 29.7 Å². The number of rotatable bonds is 3. The first-order valence-corrected chi connectivity index (χ1v) is 7.84. The van der Waals surface area contributed by atoms with Gasteiger partial charge in [-0.25, -0.2) is 4.98 Å². The fourth-order valence-electron chi connectivity index (χ4n) is 2.68. The summed E-state index contributed by atoms with van der Waals surface area (Å²) in [6.07, 6.45) is 0. The number of hydrogen-bond donors (Lipinski definition) is 3. The normalized spacial score (nSPS) is 15.3. The fourth-order valence-corrected chi connectivity index (χ4v) is 3.40. The van der Waals surface area contributed by atoms with Gasteiger partial charge >= 0.3 is 0 Å². The number of fused-ring (bicyclic) bond motifs is 1. The third kappa shape index (κ3) is 2.08. The molecule has 4 rings (SSSR count). The van der Waals surface area contributed by atoms with E-state index in [0.717, 1.165) is 11.0 Å². The number of aromatic amines is 1. The molecular formula is C16H14N4OS. The molecule has 0 saturated carbocycles. The van der Waals surface area contributed by atoms with E-state index in [0.29, 0.717) is 30.3 Å². The van der Waals surface area contributed by atoms with Gasteiger partial charge in [-0.2, -0.15) is 0 Å². The molecule has 1 aromatic carbocycles. The van der Waals surface area contributed by atoms with Crippen LogP contribution in [0.15, 0.2) is 47.5 Å². The van der Waals surface area contributed by atoms with Crippen molar-refractivity contribution in [3.63, 3.8) is 0 Å². The van der Waals surface area contributed by atoms with E-state index in [2.05, 4.69) is 9.97 Å². The number of thiophene rings is 1. The van der Waals surface area contributed by atoms with Gasteiger partial charge in [0.1, 0.15) is 17.4 Å². The highest BCUT2D eigenvalue weighted by molar-refractivity contribution is 7.09. The Morgan fingerprint density at radius 2 is 2.14 bits per heavy atom. The second-order valence-corrected chi connectivity index (χ2v) is 6.24. The lowest BCUT2D eigenvalue weighted by atomic mass is 10.2. The predicted octanol–water partition coefficient (Wildman–Crippen LogP) is 3.39. The number of aliphatic hydroxyl groups is 1. The summed E-state index contributed by atoms with van der Waals surface area (Å²) in [7, 11) is 0. The van der Waals surface area contributed by atoms with Crippen LogP contribution in [0.2, 0.25) is 0 Å². The average Bonchev–Trinajstić information content (AvgIpc) is 3.19. The maximum absolute atomic E-state index is 10.3. The summed E-state index contributed by atoms with van der Waals surface area (Å²) in [4.78, 5) is 10.7. The fraction of sp³-hybridized carbons (Fsp3) is 0.125. The van der Waals surface area contributed by atoms with E-state index in [-0.39, 0.29) is 5.76 Å². The highest BCUT2D eigenvalue weighted by Gasteiger charge is 2.30. The van der Waals surface area contributed by atoms with E-state index < -0.39 is 0 Å². The molecule has 5 nitrogen and oxygen atoms in total. The zero-order chi connectivity index (χ0) is 15.1. The molecule has 0 saturated heterocycles. The SMILES string of the molecule is N=C1C(c2nc3ccccc3[nH]2)=C(O)CN1Cc1cccs1. The molecule has 0 unspecified atom stereocenters. The van der Waals surface area contributed by atoms with E-state index in [1.807, 2.05) is 46.7 Å². The average molecular weight is 310 g/mol. The third-order valence-corrected chi connectivity index (χ3v) is 4.60. The number of para-hydroxylation sites is 2. The Kier molecular flexibility index (Phi) is 2.97. The molecule has 0 bridgehead atoms. The van der Waals surface area contributed by atoms with Gasteiger partial charge < -0.3 is 15.0 Å². The molecule has 3 aromatic rings. The van der Waals surface area contributed by atoms with Crippen molar-refractivity contribution < 1.29 is 5.11 Å². The number of hydrogen-bond acceptors (Lipinski definition) is 4. The summed E-state index contributed by atoms with van der Waals surface area (Å²) < 4.78 is 0. The molecule has 2 aromatic heterocycles.